The Kier molecular flexibility index (Phi) is 7.78. The van der Waals surface area contributed by atoms with Crippen molar-refractivity contribution in [1.82, 2.24) is 23.7 Å². The van der Waals surface area contributed by atoms with Gasteiger partial charge in [-0.2, -0.15) is 0 Å². The molecule has 0 N–H and O–H groups in total. The summed E-state index contributed by atoms with van der Waals surface area (Å²) < 4.78 is 7.26. The van der Waals surface area contributed by atoms with Crippen LogP contribution in [0.5, 0.6) is 0 Å². The zero-order valence-electron chi connectivity index (χ0n) is 36.8. The lowest BCUT2D eigenvalue weighted by Crippen LogP contribution is -2.01. The minimum absolute atomic E-state index is 0.137. The first-order valence-corrected chi connectivity index (χ1v) is 23.3. The highest BCUT2D eigenvalue weighted by molar-refractivity contribution is 6.20. The fraction of sp³-hybridized carbons (Fsp3) is 0.0159. The second-order valence-electron chi connectivity index (χ2n) is 18.1. The Bertz CT molecular complexity index is 4370. The Labute approximate surface area is 391 Å². The van der Waals surface area contributed by atoms with Crippen molar-refractivity contribution >= 4 is 76.5 Å². The van der Waals surface area contributed by atoms with Gasteiger partial charge in [0.1, 0.15) is 5.52 Å². The fourth-order valence-electron chi connectivity index (χ4n) is 11.7. The zero-order valence-corrected chi connectivity index (χ0v) is 36.8. The molecular weight excluding hydrogens is 827 g/mol. The SMILES string of the molecule is c1ccc(C2c3ccccc3-c3cc4c5ccccc5n(-c5ccc(-c6ccc7c8cc9c(cc8n(-c8ccccc8)c7c6)c6ccccc6n9-c6ccccc6)c6nccnc56)c4cc32)cc1. The zero-order chi connectivity index (χ0) is 44.5. The summed E-state index contributed by atoms with van der Waals surface area (Å²) in [6.07, 6.45) is 3.66. The lowest BCUT2D eigenvalue weighted by atomic mass is 9.89. The van der Waals surface area contributed by atoms with Crippen molar-refractivity contribution in [3.8, 4) is 39.3 Å². The molecule has 4 heterocycles. The minimum Gasteiger partial charge on any atom is -0.309 e. The van der Waals surface area contributed by atoms with E-state index in [-0.39, 0.29) is 5.92 Å². The van der Waals surface area contributed by atoms with Gasteiger partial charge in [0.25, 0.3) is 0 Å². The van der Waals surface area contributed by atoms with Crippen LogP contribution in [-0.4, -0.2) is 23.7 Å². The molecule has 1 unspecified atom stereocenters. The maximum absolute atomic E-state index is 5.16. The smallest absolute Gasteiger partial charge is 0.113 e. The van der Waals surface area contributed by atoms with E-state index in [1.54, 1.807) is 0 Å². The van der Waals surface area contributed by atoms with E-state index in [4.69, 9.17) is 9.97 Å². The number of rotatable bonds is 5. The highest BCUT2D eigenvalue weighted by Crippen LogP contribution is 2.51. The molecule has 1 aliphatic carbocycles. The van der Waals surface area contributed by atoms with Gasteiger partial charge in [-0.05, 0) is 112 Å². The highest BCUT2D eigenvalue weighted by atomic mass is 15.0. The third kappa shape index (κ3) is 5.21. The summed E-state index contributed by atoms with van der Waals surface area (Å²) in [6, 6.07) is 80.0. The first-order chi connectivity index (χ1) is 33.8. The van der Waals surface area contributed by atoms with Crippen LogP contribution in [0.25, 0.3) is 116 Å². The maximum Gasteiger partial charge on any atom is 0.113 e. The molecule has 14 aromatic rings. The van der Waals surface area contributed by atoms with Crippen LogP contribution in [0, 0.1) is 0 Å². The van der Waals surface area contributed by atoms with Crippen LogP contribution >= 0.6 is 0 Å². The van der Waals surface area contributed by atoms with E-state index >= 15 is 0 Å². The van der Waals surface area contributed by atoms with Gasteiger partial charge in [0.2, 0.25) is 0 Å². The Morgan fingerprint density at radius 2 is 0.838 bits per heavy atom. The second kappa shape index (κ2) is 14.2. The lowest BCUT2D eigenvalue weighted by molar-refractivity contribution is 1.01. The average Bonchev–Trinajstić information content (AvgIpc) is 4.12. The predicted octanol–water partition coefficient (Wildman–Crippen LogP) is 15.7. The normalized spacial score (nSPS) is 13.4. The first kappa shape index (κ1) is 37.2. The summed E-state index contributed by atoms with van der Waals surface area (Å²) in [5.74, 6) is 0.137. The number of para-hydroxylation sites is 4. The van der Waals surface area contributed by atoms with Crippen LogP contribution in [-0.2, 0) is 0 Å². The summed E-state index contributed by atoms with van der Waals surface area (Å²) in [5.41, 5.74) is 20.7. The standard InChI is InChI=1S/C63H39N5/c1-4-16-39(17-5-1)61-48-25-11-10-22-44(48)49-35-50-45-23-13-15-27-55(45)68(60(50)38-53(49)61)56-31-30-43(62-63(56)65-33-32-64-62)40-28-29-47-52-37-58-51(36-59(52)67(57(47)34-40)42-20-8-3-9-21-42)46-24-12-14-26-54(46)66(58)41-18-6-2-7-19-41/h1-38,61H. The van der Waals surface area contributed by atoms with E-state index in [9.17, 15) is 0 Å². The van der Waals surface area contributed by atoms with Crippen molar-refractivity contribution < 1.29 is 0 Å². The molecule has 0 spiro atoms. The number of hydrogen-bond donors (Lipinski definition) is 0. The highest BCUT2D eigenvalue weighted by Gasteiger charge is 2.32. The molecule has 0 fully saturated rings. The number of fused-ring (bicyclic) bond motifs is 13. The minimum atomic E-state index is 0.137. The Hall–Kier alpha value is -9.06. The van der Waals surface area contributed by atoms with Crippen LogP contribution in [0.1, 0.15) is 22.6 Å². The Balaban J connectivity index is 0.954. The first-order valence-electron chi connectivity index (χ1n) is 23.3. The molecule has 0 amide bonds. The van der Waals surface area contributed by atoms with E-state index < -0.39 is 0 Å². The molecule has 316 valence electrons. The summed E-state index contributed by atoms with van der Waals surface area (Å²) >= 11 is 0. The van der Waals surface area contributed by atoms with Gasteiger partial charge in [-0.15, -0.1) is 0 Å². The molecule has 5 nitrogen and oxygen atoms in total. The van der Waals surface area contributed by atoms with Crippen LogP contribution < -0.4 is 0 Å². The molecule has 0 radical (unpaired) electrons. The van der Waals surface area contributed by atoms with E-state index in [0.29, 0.717) is 0 Å². The lowest BCUT2D eigenvalue weighted by Gasteiger charge is -2.16. The van der Waals surface area contributed by atoms with Gasteiger partial charge in [-0.1, -0.05) is 140 Å². The van der Waals surface area contributed by atoms with Gasteiger partial charge in [0, 0.05) is 67.6 Å². The molecule has 68 heavy (non-hydrogen) atoms. The fourth-order valence-corrected chi connectivity index (χ4v) is 11.7. The number of nitrogens with zero attached hydrogens (tertiary/aromatic N) is 5. The van der Waals surface area contributed by atoms with Crippen LogP contribution in [0.4, 0.5) is 0 Å². The quantitative estimate of drug-likeness (QED) is 0.173. The predicted molar refractivity (Wildman–Crippen MR) is 281 cm³/mol. The van der Waals surface area contributed by atoms with Gasteiger partial charge >= 0.3 is 0 Å². The number of benzene rings is 10. The topological polar surface area (TPSA) is 40.6 Å². The van der Waals surface area contributed by atoms with Gasteiger partial charge in [0.05, 0.1) is 44.3 Å². The Morgan fingerprint density at radius 3 is 1.54 bits per heavy atom. The van der Waals surface area contributed by atoms with Crippen molar-refractivity contribution in [2.75, 3.05) is 0 Å². The molecule has 4 aromatic heterocycles. The van der Waals surface area contributed by atoms with Crippen LogP contribution in [0.2, 0.25) is 0 Å². The molecule has 1 atom stereocenters. The largest absolute Gasteiger partial charge is 0.309 e. The van der Waals surface area contributed by atoms with E-state index in [2.05, 4.69) is 232 Å². The van der Waals surface area contributed by atoms with Crippen molar-refractivity contribution in [3.63, 3.8) is 0 Å². The van der Waals surface area contributed by atoms with Crippen molar-refractivity contribution in [3.05, 3.63) is 247 Å². The monoisotopic (exact) mass is 865 g/mol. The molecular formula is C63H39N5. The molecule has 15 rings (SSSR count). The third-order valence-electron chi connectivity index (χ3n) is 14.6. The molecule has 0 saturated heterocycles. The van der Waals surface area contributed by atoms with Gasteiger partial charge in [-0.25, -0.2) is 0 Å². The van der Waals surface area contributed by atoms with Crippen molar-refractivity contribution in [2.24, 2.45) is 0 Å². The van der Waals surface area contributed by atoms with Crippen molar-refractivity contribution in [1.29, 1.82) is 0 Å². The van der Waals surface area contributed by atoms with Crippen LogP contribution in [0.3, 0.4) is 0 Å². The third-order valence-corrected chi connectivity index (χ3v) is 14.6. The van der Waals surface area contributed by atoms with E-state index in [1.807, 2.05) is 12.4 Å². The second-order valence-corrected chi connectivity index (χ2v) is 18.1. The number of aromatic nitrogens is 5. The summed E-state index contributed by atoms with van der Waals surface area (Å²) in [7, 11) is 0. The molecule has 10 aromatic carbocycles. The number of hydrogen-bond acceptors (Lipinski definition) is 2. The van der Waals surface area contributed by atoms with Gasteiger partial charge in [0.15, 0.2) is 0 Å². The maximum atomic E-state index is 5.16. The molecule has 5 heteroatoms. The van der Waals surface area contributed by atoms with Gasteiger partial charge in [-0.3, -0.25) is 9.97 Å². The molecule has 0 saturated carbocycles. The van der Waals surface area contributed by atoms with Gasteiger partial charge < -0.3 is 13.7 Å². The van der Waals surface area contributed by atoms with E-state index in [0.717, 1.165) is 55.8 Å². The van der Waals surface area contributed by atoms with Crippen LogP contribution in [0.15, 0.2) is 231 Å². The average molecular weight is 866 g/mol. The van der Waals surface area contributed by atoms with E-state index in [1.165, 1.54) is 76.7 Å². The summed E-state index contributed by atoms with van der Waals surface area (Å²) in [6.45, 7) is 0. The molecule has 0 aliphatic heterocycles. The van der Waals surface area contributed by atoms with Crippen molar-refractivity contribution in [2.45, 2.75) is 5.92 Å². The molecule has 0 bridgehead atoms. The summed E-state index contributed by atoms with van der Waals surface area (Å²) in [4.78, 5) is 10.3. The Morgan fingerprint density at radius 1 is 0.309 bits per heavy atom. The molecule has 1 aliphatic rings. The summed E-state index contributed by atoms with van der Waals surface area (Å²) in [5, 5.41) is 7.30.